The van der Waals surface area contributed by atoms with Crippen LogP contribution in [0, 0.1) is 5.92 Å². The highest BCUT2D eigenvalue weighted by Crippen LogP contribution is 2.23. The molecule has 1 aromatic rings. The molecule has 1 heterocycles. The van der Waals surface area contributed by atoms with Crippen molar-refractivity contribution in [1.82, 2.24) is 4.72 Å². The number of thioether (sulfide) groups is 1. The standard InChI is InChI=1S/C13H17NO3S2/c1-10(15)12-2-4-13(5-3-12)19(16,17)14-8-11-6-7-18-9-11/h2-5,11,14H,6-9H2,1H3. The fourth-order valence-electron chi connectivity index (χ4n) is 1.92. The SMILES string of the molecule is CC(=O)c1ccc(S(=O)(=O)NCC2CCSC2)cc1. The normalized spacial score (nSPS) is 19.5. The van der Waals surface area contributed by atoms with Crippen molar-refractivity contribution < 1.29 is 13.2 Å². The van der Waals surface area contributed by atoms with Crippen molar-refractivity contribution in [2.75, 3.05) is 18.1 Å². The number of hydrogen-bond acceptors (Lipinski definition) is 4. The lowest BCUT2D eigenvalue weighted by atomic mass is 10.1. The van der Waals surface area contributed by atoms with Crippen LogP contribution in [0.1, 0.15) is 23.7 Å². The van der Waals surface area contributed by atoms with Crippen LogP contribution in [0.2, 0.25) is 0 Å². The average Bonchev–Trinajstić information content (AvgIpc) is 2.90. The van der Waals surface area contributed by atoms with Gasteiger partial charge in [-0.05, 0) is 42.9 Å². The maximum Gasteiger partial charge on any atom is 0.240 e. The van der Waals surface area contributed by atoms with Crippen molar-refractivity contribution in [2.24, 2.45) is 5.92 Å². The molecule has 0 aliphatic carbocycles. The zero-order valence-electron chi connectivity index (χ0n) is 10.8. The molecule has 104 valence electrons. The van der Waals surface area contributed by atoms with Gasteiger partial charge in [-0.2, -0.15) is 11.8 Å². The molecular weight excluding hydrogens is 282 g/mol. The minimum Gasteiger partial charge on any atom is -0.295 e. The molecule has 1 atom stereocenters. The van der Waals surface area contributed by atoms with Gasteiger partial charge >= 0.3 is 0 Å². The van der Waals surface area contributed by atoms with Crippen molar-refractivity contribution in [3.05, 3.63) is 29.8 Å². The number of benzene rings is 1. The highest BCUT2D eigenvalue weighted by Gasteiger charge is 2.20. The van der Waals surface area contributed by atoms with E-state index in [1.807, 2.05) is 11.8 Å². The van der Waals surface area contributed by atoms with Crippen LogP contribution in [0.25, 0.3) is 0 Å². The van der Waals surface area contributed by atoms with E-state index in [9.17, 15) is 13.2 Å². The lowest BCUT2D eigenvalue weighted by Gasteiger charge is -2.11. The van der Waals surface area contributed by atoms with Gasteiger partial charge in [-0.25, -0.2) is 13.1 Å². The number of carbonyl (C=O) groups is 1. The lowest BCUT2D eigenvalue weighted by Crippen LogP contribution is -2.29. The van der Waals surface area contributed by atoms with Gasteiger partial charge in [-0.3, -0.25) is 4.79 Å². The summed E-state index contributed by atoms with van der Waals surface area (Å²) in [5.74, 6) is 2.49. The van der Waals surface area contributed by atoms with Gasteiger partial charge in [0, 0.05) is 12.1 Å². The van der Waals surface area contributed by atoms with Gasteiger partial charge in [0.15, 0.2) is 5.78 Å². The molecule has 0 saturated carbocycles. The first-order valence-electron chi connectivity index (χ1n) is 6.17. The zero-order chi connectivity index (χ0) is 13.9. The van der Waals surface area contributed by atoms with Crippen molar-refractivity contribution in [3.8, 4) is 0 Å². The Morgan fingerprint density at radius 1 is 1.37 bits per heavy atom. The van der Waals surface area contributed by atoms with Gasteiger partial charge < -0.3 is 0 Å². The van der Waals surface area contributed by atoms with Crippen LogP contribution < -0.4 is 4.72 Å². The molecule has 1 aliphatic rings. The van der Waals surface area contributed by atoms with Crippen LogP contribution in [0.4, 0.5) is 0 Å². The maximum atomic E-state index is 12.1. The van der Waals surface area contributed by atoms with Gasteiger partial charge in [0.1, 0.15) is 0 Å². The molecule has 1 unspecified atom stereocenters. The molecule has 0 bridgehead atoms. The van der Waals surface area contributed by atoms with Gasteiger partial charge in [0.05, 0.1) is 4.90 Å². The van der Waals surface area contributed by atoms with Crippen LogP contribution in [-0.2, 0) is 10.0 Å². The summed E-state index contributed by atoms with van der Waals surface area (Å²) in [4.78, 5) is 11.3. The maximum absolute atomic E-state index is 12.1. The van der Waals surface area contributed by atoms with E-state index in [0.717, 1.165) is 17.9 Å². The number of sulfonamides is 1. The average molecular weight is 299 g/mol. The largest absolute Gasteiger partial charge is 0.295 e. The number of hydrogen-bond donors (Lipinski definition) is 1. The molecule has 6 heteroatoms. The molecule has 0 amide bonds. The second-order valence-corrected chi connectivity index (χ2v) is 7.58. The van der Waals surface area contributed by atoms with Crippen molar-refractivity contribution in [3.63, 3.8) is 0 Å². The lowest BCUT2D eigenvalue weighted by molar-refractivity contribution is 0.101. The molecule has 1 fully saturated rings. The fraction of sp³-hybridized carbons (Fsp3) is 0.462. The molecular formula is C13H17NO3S2. The number of rotatable bonds is 5. The highest BCUT2D eigenvalue weighted by atomic mass is 32.2. The third-order valence-corrected chi connectivity index (χ3v) is 5.83. The van der Waals surface area contributed by atoms with Crippen LogP contribution in [0.3, 0.4) is 0 Å². The monoisotopic (exact) mass is 299 g/mol. The molecule has 1 N–H and O–H groups in total. The van der Waals surface area contributed by atoms with E-state index in [1.165, 1.54) is 19.1 Å². The van der Waals surface area contributed by atoms with E-state index in [2.05, 4.69) is 4.72 Å². The van der Waals surface area contributed by atoms with E-state index >= 15 is 0 Å². The quantitative estimate of drug-likeness (QED) is 0.844. The Balaban J connectivity index is 2.03. The number of nitrogens with one attached hydrogen (secondary N) is 1. The first-order chi connectivity index (χ1) is 8.99. The number of carbonyl (C=O) groups excluding carboxylic acids is 1. The topological polar surface area (TPSA) is 63.2 Å². The molecule has 1 saturated heterocycles. The Morgan fingerprint density at radius 3 is 2.58 bits per heavy atom. The van der Waals surface area contributed by atoms with Gasteiger partial charge in [-0.1, -0.05) is 12.1 Å². The predicted molar refractivity (Wildman–Crippen MR) is 77.1 cm³/mol. The molecule has 0 radical (unpaired) electrons. The fourth-order valence-corrected chi connectivity index (χ4v) is 4.32. The molecule has 19 heavy (non-hydrogen) atoms. The Bertz CT molecular complexity index is 546. The van der Waals surface area contributed by atoms with Crippen LogP contribution in [0.5, 0.6) is 0 Å². The van der Waals surface area contributed by atoms with E-state index < -0.39 is 10.0 Å². The number of Topliss-reactive ketones (excluding diaryl/α,β-unsaturated/α-hetero) is 1. The third kappa shape index (κ3) is 3.81. The number of ketones is 1. The summed E-state index contributed by atoms with van der Waals surface area (Å²) in [7, 11) is -3.46. The van der Waals surface area contributed by atoms with Gasteiger partial charge in [0.25, 0.3) is 0 Å². The summed E-state index contributed by atoms with van der Waals surface area (Å²) >= 11 is 1.86. The van der Waals surface area contributed by atoms with E-state index in [-0.39, 0.29) is 10.7 Å². The first-order valence-corrected chi connectivity index (χ1v) is 8.81. The summed E-state index contributed by atoms with van der Waals surface area (Å²) in [5.41, 5.74) is 0.520. The Kier molecular flexibility index (Phi) is 4.65. The summed E-state index contributed by atoms with van der Waals surface area (Å²) in [6.45, 7) is 1.95. The smallest absolute Gasteiger partial charge is 0.240 e. The molecule has 1 aliphatic heterocycles. The first kappa shape index (κ1) is 14.6. The van der Waals surface area contributed by atoms with Gasteiger partial charge in [-0.15, -0.1) is 0 Å². The van der Waals surface area contributed by atoms with Crippen LogP contribution in [0.15, 0.2) is 29.2 Å². The van der Waals surface area contributed by atoms with Crippen molar-refractivity contribution in [2.45, 2.75) is 18.2 Å². The Hall–Kier alpha value is -0.850. The minimum absolute atomic E-state index is 0.0695. The highest BCUT2D eigenvalue weighted by molar-refractivity contribution is 7.99. The Labute approximate surface area is 118 Å². The molecule has 0 spiro atoms. The third-order valence-electron chi connectivity index (χ3n) is 3.16. The summed E-state index contributed by atoms with van der Waals surface area (Å²) in [6, 6.07) is 6.04. The van der Waals surface area contributed by atoms with Crippen molar-refractivity contribution in [1.29, 1.82) is 0 Å². The zero-order valence-corrected chi connectivity index (χ0v) is 12.4. The van der Waals surface area contributed by atoms with Crippen molar-refractivity contribution >= 4 is 27.6 Å². The molecule has 0 aromatic heterocycles. The second-order valence-electron chi connectivity index (χ2n) is 4.66. The summed E-state index contributed by atoms with van der Waals surface area (Å²) < 4.78 is 26.8. The molecule has 1 aromatic carbocycles. The van der Waals surface area contributed by atoms with Crippen LogP contribution in [-0.4, -0.2) is 32.3 Å². The summed E-state index contributed by atoms with van der Waals surface area (Å²) in [5, 5.41) is 0. The van der Waals surface area contributed by atoms with E-state index in [4.69, 9.17) is 0 Å². The van der Waals surface area contributed by atoms with Gasteiger partial charge in [0.2, 0.25) is 10.0 Å². The van der Waals surface area contributed by atoms with Crippen LogP contribution >= 0.6 is 11.8 Å². The van der Waals surface area contributed by atoms with E-state index in [1.54, 1.807) is 12.1 Å². The molecule has 4 nitrogen and oxygen atoms in total. The minimum atomic E-state index is -3.46. The molecule has 2 rings (SSSR count). The predicted octanol–water partition coefficient (Wildman–Crippen LogP) is 1.92. The Morgan fingerprint density at radius 2 is 2.05 bits per heavy atom. The second kappa shape index (κ2) is 6.07. The van der Waals surface area contributed by atoms with E-state index in [0.29, 0.717) is 18.0 Å². The summed E-state index contributed by atoms with van der Waals surface area (Å²) in [6.07, 6.45) is 1.07.